The molecule has 1 amide bonds. The lowest BCUT2D eigenvalue weighted by atomic mass is 9.93. The maximum atomic E-state index is 11.8. The van der Waals surface area contributed by atoms with Crippen LogP contribution in [0.5, 0.6) is 0 Å². The third-order valence-corrected chi connectivity index (χ3v) is 4.05. The number of aryl methyl sites for hydroxylation is 2. The van der Waals surface area contributed by atoms with Crippen LogP contribution in [0.3, 0.4) is 0 Å². The zero-order chi connectivity index (χ0) is 13.0. The molecule has 2 aromatic rings. The molecule has 4 heteroatoms. The molecule has 1 N–H and O–H groups in total. The molecule has 1 aromatic heterocycles. The van der Waals surface area contributed by atoms with Crippen LogP contribution in [0.1, 0.15) is 29.7 Å². The van der Waals surface area contributed by atoms with E-state index in [-0.39, 0.29) is 5.91 Å². The molecule has 96 valence electrons. The Hall–Kier alpha value is -2.10. The van der Waals surface area contributed by atoms with E-state index < -0.39 is 0 Å². The Bertz CT molecular complexity index is 739. The van der Waals surface area contributed by atoms with E-state index >= 15 is 0 Å². The van der Waals surface area contributed by atoms with Crippen LogP contribution in [0.4, 0.5) is 0 Å². The molecule has 4 rings (SSSR count). The predicted molar refractivity (Wildman–Crippen MR) is 74.3 cm³/mol. The van der Waals surface area contributed by atoms with Crippen molar-refractivity contribution in [2.45, 2.75) is 32.7 Å². The molecule has 0 fully saturated rings. The van der Waals surface area contributed by atoms with Gasteiger partial charge in [-0.3, -0.25) is 4.79 Å². The van der Waals surface area contributed by atoms with E-state index in [0.717, 1.165) is 30.5 Å². The van der Waals surface area contributed by atoms with Gasteiger partial charge in [-0.15, -0.1) is 0 Å². The first-order valence-electron chi connectivity index (χ1n) is 6.71. The van der Waals surface area contributed by atoms with E-state index in [2.05, 4.69) is 40.2 Å². The van der Waals surface area contributed by atoms with Gasteiger partial charge in [0.25, 0.3) is 5.91 Å². The van der Waals surface area contributed by atoms with Crippen LogP contribution in [0.15, 0.2) is 23.3 Å². The summed E-state index contributed by atoms with van der Waals surface area (Å²) >= 11 is 0. The van der Waals surface area contributed by atoms with Gasteiger partial charge in [0.15, 0.2) is 0 Å². The zero-order valence-corrected chi connectivity index (χ0v) is 10.9. The number of hydrazone groups is 1. The van der Waals surface area contributed by atoms with Crippen molar-refractivity contribution >= 4 is 22.5 Å². The number of rotatable bonds is 0. The summed E-state index contributed by atoms with van der Waals surface area (Å²) in [4.78, 5) is 11.8. The Balaban J connectivity index is 2.13. The molecule has 0 radical (unpaired) electrons. The minimum absolute atomic E-state index is 0.0397. The highest BCUT2D eigenvalue weighted by atomic mass is 16.2. The fraction of sp³-hybridized carbons (Fsp3) is 0.333. The number of hydrogen-bond acceptors (Lipinski definition) is 2. The number of carbonyl (C=O) groups is 1. The minimum atomic E-state index is -0.0397. The summed E-state index contributed by atoms with van der Waals surface area (Å²) in [7, 11) is 0. The van der Waals surface area contributed by atoms with Gasteiger partial charge < -0.3 is 4.57 Å². The van der Waals surface area contributed by atoms with Gasteiger partial charge in [-0.05, 0) is 43.9 Å². The Morgan fingerprint density at radius 1 is 1.32 bits per heavy atom. The van der Waals surface area contributed by atoms with Crippen LogP contribution in [-0.2, 0) is 17.8 Å². The van der Waals surface area contributed by atoms with Crippen LogP contribution >= 0.6 is 0 Å². The van der Waals surface area contributed by atoms with Gasteiger partial charge in [0.1, 0.15) is 6.54 Å². The smallest absolute Gasteiger partial charge is 0.260 e. The third kappa shape index (κ3) is 1.46. The van der Waals surface area contributed by atoms with Gasteiger partial charge in [-0.1, -0.05) is 11.6 Å². The molecule has 0 unspecified atom stereocenters. The largest absolute Gasteiger partial charge is 0.330 e. The molecule has 1 aliphatic heterocycles. The molecular weight excluding hydrogens is 238 g/mol. The van der Waals surface area contributed by atoms with Crippen molar-refractivity contribution in [3.63, 3.8) is 0 Å². The first kappa shape index (κ1) is 10.8. The lowest BCUT2D eigenvalue weighted by Crippen LogP contribution is -2.20. The normalized spacial score (nSPS) is 17.7. The highest BCUT2D eigenvalue weighted by Gasteiger charge is 2.27. The second kappa shape index (κ2) is 3.70. The molecule has 1 aliphatic carbocycles. The molecule has 19 heavy (non-hydrogen) atoms. The number of aromatic nitrogens is 1. The van der Waals surface area contributed by atoms with Crippen LogP contribution in [0.25, 0.3) is 10.9 Å². The molecule has 0 bridgehead atoms. The summed E-state index contributed by atoms with van der Waals surface area (Å²) in [6.45, 7) is 2.47. The van der Waals surface area contributed by atoms with Crippen molar-refractivity contribution in [1.29, 1.82) is 0 Å². The molecule has 0 atom stereocenters. The van der Waals surface area contributed by atoms with Gasteiger partial charge in [-0.25, -0.2) is 5.43 Å². The first-order valence-corrected chi connectivity index (χ1v) is 6.71. The van der Waals surface area contributed by atoms with E-state index in [1.807, 2.05) is 0 Å². The maximum Gasteiger partial charge on any atom is 0.260 e. The van der Waals surface area contributed by atoms with E-state index in [4.69, 9.17) is 0 Å². The number of carbonyl (C=O) groups excluding carboxylic acids is 1. The van der Waals surface area contributed by atoms with Gasteiger partial charge >= 0.3 is 0 Å². The zero-order valence-electron chi connectivity index (χ0n) is 10.9. The van der Waals surface area contributed by atoms with E-state index in [0.29, 0.717) is 6.54 Å². The molecular formula is C15H15N3O. The second-order valence-corrected chi connectivity index (χ2v) is 5.38. The van der Waals surface area contributed by atoms with Crippen molar-refractivity contribution in [3.8, 4) is 0 Å². The van der Waals surface area contributed by atoms with Gasteiger partial charge in [0.05, 0.1) is 11.4 Å². The second-order valence-electron chi connectivity index (χ2n) is 5.38. The highest BCUT2D eigenvalue weighted by molar-refractivity contribution is 6.08. The third-order valence-electron chi connectivity index (χ3n) is 4.05. The summed E-state index contributed by atoms with van der Waals surface area (Å²) < 4.78 is 2.13. The fourth-order valence-corrected chi connectivity index (χ4v) is 3.25. The topological polar surface area (TPSA) is 46.4 Å². The average Bonchev–Trinajstić information content (AvgIpc) is 2.60. The van der Waals surface area contributed by atoms with Crippen molar-refractivity contribution < 1.29 is 4.79 Å². The first-order chi connectivity index (χ1) is 9.24. The van der Waals surface area contributed by atoms with Gasteiger partial charge in [0, 0.05) is 10.9 Å². The van der Waals surface area contributed by atoms with Crippen LogP contribution in [-0.4, -0.2) is 16.2 Å². The molecule has 4 nitrogen and oxygen atoms in total. The number of hydrogen-bond donors (Lipinski definition) is 1. The Morgan fingerprint density at radius 3 is 3.11 bits per heavy atom. The maximum absolute atomic E-state index is 11.8. The van der Waals surface area contributed by atoms with Gasteiger partial charge in [-0.2, -0.15) is 5.10 Å². The number of nitrogens with zero attached hydrogens (tertiary/aromatic N) is 2. The summed E-state index contributed by atoms with van der Waals surface area (Å²) in [5.74, 6) is -0.0397. The minimum Gasteiger partial charge on any atom is -0.330 e. The van der Waals surface area contributed by atoms with Crippen molar-refractivity contribution in [2.75, 3.05) is 0 Å². The van der Waals surface area contributed by atoms with Crippen molar-refractivity contribution in [3.05, 3.63) is 35.0 Å². The van der Waals surface area contributed by atoms with Crippen molar-refractivity contribution in [2.24, 2.45) is 5.10 Å². The molecule has 2 heterocycles. The van der Waals surface area contributed by atoms with E-state index in [9.17, 15) is 4.79 Å². The molecule has 0 saturated heterocycles. The molecule has 1 aromatic carbocycles. The molecule has 0 spiro atoms. The number of amides is 1. The lowest BCUT2D eigenvalue weighted by molar-refractivity contribution is -0.121. The molecule has 2 aliphatic rings. The fourth-order valence-electron chi connectivity index (χ4n) is 3.25. The SMILES string of the molecule is Cc1ccc2c(c1)c1c3n2CC(=O)NN=C3CCC1. The average molecular weight is 253 g/mol. The van der Waals surface area contributed by atoms with Crippen LogP contribution < -0.4 is 5.43 Å². The quantitative estimate of drug-likeness (QED) is 0.768. The Kier molecular flexibility index (Phi) is 2.10. The number of nitrogens with one attached hydrogen (secondary N) is 1. The summed E-state index contributed by atoms with van der Waals surface area (Å²) in [5, 5.41) is 5.58. The van der Waals surface area contributed by atoms with E-state index in [1.165, 1.54) is 22.2 Å². The number of benzene rings is 1. The molecule has 0 saturated carbocycles. The van der Waals surface area contributed by atoms with Crippen molar-refractivity contribution in [1.82, 2.24) is 9.99 Å². The Labute approximate surface area is 111 Å². The highest BCUT2D eigenvalue weighted by Crippen LogP contribution is 2.33. The number of fused-ring (bicyclic) bond motifs is 3. The summed E-state index contributed by atoms with van der Waals surface area (Å²) in [5.41, 5.74) is 8.62. The Morgan fingerprint density at radius 2 is 2.21 bits per heavy atom. The van der Waals surface area contributed by atoms with E-state index in [1.54, 1.807) is 0 Å². The standard InChI is InChI=1S/C15H15N3O/c1-9-5-6-13-11(7-9)10-3-2-4-12-15(10)18(13)8-14(19)17-16-12/h5-7H,2-4,8H2,1H3,(H,17,19). The van der Waals surface area contributed by atoms with Crippen LogP contribution in [0, 0.1) is 6.92 Å². The lowest BCUT2D eigenvalue weighted by Gasteiger charge is -2.14. The van der Waals surface area contributed by atoms with Crippen LogP contribution in [0.2, 0.25) is 0 Å². The predicted octanol–water partition coefficient (Wildman–Crippen LogP) is 2.12. The van der Waals surface area contributed by atoms with Gasteiger partial charge in [0.2, 0.25) is 0 Å². The monoisotopic (exact) mass is 253 g/mol. The summed E-state index contributed by atoms with van der Waals surface area (Å²) in [6.07, 6.45) is 3.13. The summed E-state index contributed by atoms with van der Waals surface area (Å²) in [6, 6.07) is 6.46.